The Bertz CT molecular complexity index is 403. The van der Waals surface area contributed by atoms with Crippen LogP contribution < -0.4 is 0 Å². The molecule has 3 nitrogen and oxygen atoms in total. The molecule has 0 N–H and O–H groups in total. The number of esters is 1. The average Bonchev–Trinajstić information content (AvgIpc) is 2.45. The largest absolute Gasteiger partial charge is 0.465 e. The van der Waals surface area contributed by atoms with Gasteiger partial charge in [-0.15, -0.1) is 0 Å². The van der Waals surface area contributed by atoms with Crippen molar-refractivity contribution in [3.05, 3.63) is 35.9 Å². The molecule has 1 rings (SSSR count). The van der Waals surface area contributed by atoms with Crippen molar-refractivity contribution in [1.82, 2.24) is 0 Å². The minimum atomic E-state index is -0.399. The van der Waals surface area contributed by atoms with Crippen molar-refractivity contribution in [2.75, 3.05) is 18.1 Å². The van der Waals surface area contributed by atoms with Gasteiger partial charge >= 0.3 is 5.97 Å². The highest BCUT2D eigenvalue weighted by atomic mass is 32.2. The van der Waals surface area contributed by atoms with Crippen LogP contribution >= 0.6 is 11.8 Å². The molecule has 0 saturated heterocycles. The van der Waals surface area contributed by atoms with Crippen LogP contribution in [0.15, 0.2) is 30.3 Å². The highest BCUT2D eigenvalue weighted by molar-refractivity contribution is 7.99. The molecule has 4 heteroatoms. The van der Waals surface area contributed by atoms with Crippen LogP contribution in [0.5, 0.6) is 0 Å². The van der Waals surface area contributed by atoms with Crippen molar-refractivity contribution < 1.29 is 14.3 Å². The van der Waals surface area contributed by atoms with Gasteiger partial charge in [0.25, 0.3) is 0 Å². The molecular formula is C16H22O3S. The Morgan fingerprint density at radius 1 is 1.20 bits per heavy atom. The molecule has 0 aromatic heterocycles. The normalized spacial score (nSPS) is 10.2. The summed E-state index contributed by atoms with van der Waals surface area (Å²) in [6.45, 7) is 2.43. The zero-order valence-corrected chi connectivity index (χ0v) is 12.8. The predicted molar refractivity (Wildman–Crippen MR) is 83.0 cm³/mol. The quantitative estimate of drug-likeness (QED) is 0.377. The second kappa shape index (κ2) is 10.5. The maximum Gasteiger partial charge on any atom is 0.313 e. The molecule has 1 aromatic carbocycles. The fraction of sp³-hybridized carbons (Fsp3) is 0.500. The van der Waals surface area contributed by atoms with E-state index in [1.807, 2.05) is 18.2 Å². The van der Waals surface area contributed by atoms with E-state index in [1.165, 1.54) is 5.56 Å². The molecule has 0 aliphatic carbocycles. The zero-order valence-electron chi connectivity index (χ0n) is 12.0. The van der Waals surface area contributed by atoms with E-state index in [2.05, 4.69) is 19.1 Å². The second-order valence-electron chi connectivity index (χ2n) is 4.47. The average molecular weight is 294 g/mol. The SMILES string of the molecule is CCSCCC(=O)CC(=O)OCCCc1ccccc1. The van der Waals surface area contributed by atoms with Gasteiger partial charge in [-0.2, -0.15) is 11.8 Å². The molecule has 0 aliphatic rings. The molecule has 0 saturated carbocycles. The van der Waals surface area contributed by atoms with E-state index in [9.17, 15) is 9.59 Å². The van der Waals surface area contributed by atoms with Gasteiger partial charge in [-0.1, -0.05) is 37.3 Å². The first kappa shape index (κ1) is 16.8. The molecule has 110 valence electrons. The summed E-state index contributed by atoms with van der Waals surface area (Å²) < 4.78 is 5.07. The molecule has 0 heterocycles. The Labute approximate surface area is 125 Å². The Hall–Kier alpha value is -1.29. The van der Waals surface area contributed by atoms with Gasteiger partial charge in [0, 0.05) is 12.2 Å². The first-order valence-electron chi connectivity index (χ1n) is 7.01. The molecule has 0 fully saturated rings. The monoisotopic (exact) mass is 294 g/mol. The van der Waals surface area contributed by atoms with Gasteiger partial charge in [-0.05, 0) is 24.2 Å². The smallest absolute Gasteiger partial charge is 0.313 e. The summed E-state index contributed by atoms with van der Waals surface area (Å²) in [6, 6.07) is 10.1. The third-order valence-electron chi connectivity index (χ3n) is 2.79. The van der Waals surface area contributed by atoms with Crippen LogP contribution in [0.2, 0.25) is 0 Å². The lowest BCUT2D eigenvalue weighted by atomic mass is 10.1. The van der Waals surface area contributed by atoms with Gasteiger partial charge in [0.15, 0.2) is 0 Å². The number of benzene rings is 1. The topological polar surface area (TPSA) is 43.4 Å². The number of carbonyl (C=O) groups is 2. The third kappa shape index (κ3) is 8.00. The van der Waals surface area contributed by atoms with E-state index < -0.39 is 5.97 Å². The molecule has 1 aromatic rings. The van der Waals surface area contributed by atoms with Crippen LogP contribution in [0.1, 0.15) is 31.7 Å². The minimum absolute atomic E-state index is 0.0287. The fourth-order valence-electron chi connectivity index (χ4n) is 1.74. The molecular weight excluding hydrogens is 272 g/mol. The van der Waals surface area contributed by atoms with Crippen molar-refractivity contribution in [2.24, 2.45) is 0 Å². The number of carbonyl (C=O) groups excluding carboxylic acids is 2. The Morgan fingerprint density at radius 2 is 1.95 bits per heavy atom. The number of hydrogen-bond donors (Lipinski definition) is 0. The van der Waals surface area contributed by atoms with Crippen molar-refractivity contribution in [2.45, 2.75) is 32.6 Å². The van der Waals surface area contributed by atoms with E-state index >= 15 is 0 Å². The molecule has 0 atom stereocenters. The van der Waals surface area contributed by atoms with Crippen LogP contribution in [-0.4, -0.2) is 29.9 Å². The Kier molecular flexibility index (Phi) is 8.79. The number of rotatable bonds is 10. The van der Waals surface area contributed by atoms with E-state index in [0.717, 1.165) is 24.3 Å². The first-order valence-corrected chi connectivity index (χ1v) is 8.17. The van der Waals surface area contributed by atoms with Crippen LogP contribution in [0, 0.1) is 0 Å². The number of ketones is 1. The second-order valence-corrected chi connectivity index (χ2v) is 5.87. The van der Waals surface area contributed by atoms with Gasteiger partial charge in [-0.3, -0.25) is 9.59 Å². The fourth-order valence-corrected chi connectivity index (χ4v) is 2.40. The molecule has 20 heavy (non-hydrogen) atoms. The van der Waals surface area contributed by atoms with Gasteiger partial charge in [0.05, 0.1) is 6.61 Å². The predicted octanol–water partition coefficient (Wildman–Crippen LogP) is 3.26. The van der Waals surface area contributed by atoms with Crippen LogP contribution in [0.3, 0.4) is 0 Å². The van der Waals surface area contributed by atoms with Crippen molar-refractivity contribution >= 4 is 23.5 Å². The van der Waals surface area contributed by atoms with Crippen molar-refractivity contribution in [1.29, 1.82) is 0 Å². The molecule has 0 aliphatic heterocycles. The number of Topliss-reactive ketones (excluding diaryl/α,β-unsaturated/α-hetero) is 1. The summed E-state index contributed by atoms with van der Waals surface area (Å²) in [5, 5.41) is 0. The van der Waals surface area contributed by atoms with Crippen LogP contribution in [0.25, 0.3) is 0 Å². The summed E-state index contributed by atoms with van der Waals surface area (Å²) in [5.74, 6) is 1.36. The van der Waals surface area contributed by atoms with Gasteiger partial charge in [0.2, 0.25) is 0 Å². The summed E-state index contributed by atoms with van der Waals surface area (Å²) in [4.78, 5) is 22.9. The summed E-state index contributed by atoms with van der Waals surface area (Å²) >= 11 is 1.71. The maximum absolute atomic E-state index is 11.5. The lowest BCUT2D eigenvalue weighted by Gasteiger charge is -2.04. The molecule has 0 bridgehead atoms. The van der Waals surface area contributed by atoms with E-state index in [4.69, 9.17) is 4.74 Å². The molecule has 0 amide bonds. The highest BCUT2D eigenvalue weighted by Gasteiger charge is 2.10. The van der Waals surface area contributed by atoms with Crippen LogP contribution in [-0.2, 0) is 20.7 Å². The number of ether oxygens (including phenoxy) is 1. The Morgan fingerprint density at radius 3 is 2.65 bits per heavy atom. The number of hydrogen-bond acceptors (Lipinski definition) is 4. The molecule has 0 spiro atoms. The zero-order chi connectivity index (χ0) is 14.6. The lowest BCUT2D eigenvalue weighted by molar-refractivity contribution is -0.146. The van der Waals surface area contributed by atoms with E-state index in [-0.39, 0.29) is 12.2 Å². The van der Waals surface area contributed by atoms with E-state index in [0.29, 0.717) is 13.0 Å². The van der Waals surface area contributed by atoms with Gasteiger partial charge in [-0.25, -0.2) is 0 Å². The van der Waals surface area contributed by atoms with Crippen molar-refractivity contribution in [3.8, 4) is 0 Å². The summed E-state index contributed by atoms with van der Waals surface area (Å²) in [5.41, 5.74) is 1.23. The minimum Gasteiger partial charge on any atom is -0.465 e. The third-order valence-corrected chi connectivity index (χ3v) is 3.69. The van der Waals surface area contributed by atoms with Crippen LogP contribution in [0.4, 0.5) is 0 Å². The lowest BCUT2D eigenvalue weighted by Crippen LogP contribution is -2.12. The summed E-state index contributed by atoms with van der Waals surface area (Å²) in [7, 11) is 0. The standard InChI is InChI=1S/C16H22O3S/c1-2-20-12-10-15(17)13-16(18)19-11-6-9-14-7-4-3-5-8-14/h3-5,7-8H,2,6,9-13H2,1H3. The van der Waals surface area contributed by atoms with Gasteiger partial charge in [0.1, 0.15) is 12.2 Å². The molecule has 0 unspecified atom stereocenters. The summed E-state index contributed by atoms with van der Waals surface area (Å²) in [6.07, 6.45) is 2.04. The number of thioether (sulfide) groups is 1. The maximum atomic E-state index is 11.5. The Balaban J connectivity index is 2.06. The van der Waals surface area contributed by atoms with Gasteiger partial charge < -0.3 is 4.74 Å². The first-order chi connectivity index (χ1) is 9.72. The highest BCUT2D eigenvalue weighted by Crippen LogP contribution is 2.05. The van der Waals surface area contributed by atoms with Crippen molar-refractivity contribution in [3.63, 3.8) is 0 Å². The molecule has 0 radical (unpaired) electrons. The van der Waals surface area contributed by atoms with E-state index in [1.54, 1.807) is 11.8 Å². The number of aryl methyl sites for hydroxylation is 1.